The van der Waals surface area contributed by atoms with Crippen LogP contribution in [0.5, 0.6) is 5.75 Å². The molecule has 9 heteroatoms. The second-order valence-corrected chi connectivity index (χ2v) is 9.97. The fraction of sp³-hybridized carbons (Fsp3) is 0.222. The average molecular weight is 501 g/mol. The number of methoxy groups -OCH3 is 1. The number of nitrogens with one attached hydrogen (secondary N) is 1. The molecule has 2 heterocycles. The zero-order valence-electron chi connectivity index (χ0n) is 20.7. The van der Waals surface area contributed by atoms with E-state index >= 15 is 0 Å². The Morgan fingerprint density at radius 3 is 2.36 bits per heavy atom. The van der Waals surface area contributed by atoms with Gasteiger partial charge in [0, 0.05) is 23.6 Å². The highest BCUT2D eigenvalue weighted by Crippen LogP contribution is 2.30. The van der Waals surface area contributed by atoms with Gasteiger partial charge in [-0.3, -0.25) is 14.3 Å². The summed E-state index contributed by atoms with van der Waals surface area (Å²) in [7, 11) is 1.63. The number of thioether (sulfide) groups is 1. The lowest BCUT2D eigenvalue weighted by Crippen LogP contribution is -2.20. The van der Waals surface area contributed by atoms with Crippen LogP contribution in [0.1, 0.15) is 31.9 Å². The predicted molar refractivity (Wildman–Crippen MR) is 143 cm³/mol. The van der Waals surface area contributed by atoms with Gasteiger partial charge in [0.1, 0.15) is 5.75 Å². The molecule has 0 aliphatic carbocycles. The maximum absolute atomic E-state index is 12.4. The largest absolute Gasteiger partial charge is 0.497 e. The van der Waals surface area contributed by atoms with Gasteiger partial charge in [0.05, 0.1) is 19.1 Å². The average Bonchev–Trinajstić information content (AvgIpc) is 3.31. The number of carbonyl (C=O) groups excluding carboxylic acids is 1. The Balaban J connectivity index is 1.56. The van der Waals surface area contributed by atoms with E-state index in [-0.39, 0.29) is 17.1 Å². The molecule has 0 saturated carbocycles. The van der Waals surface area contributed by atoms with Crippen LogP contribution in [0.3, 0.4) is 0 Å². The lowest BCUT2D eigenvalue weighted by Gasteiger charge is -2.19. The predicted octanol–water partition coefficient (Wildman–Crippen LogP) is 4.88. The van der Waals surface area contributed by atoms with Crippen LogP contribution in [0.15, 0.2) is 83.3 Å². The van der Waals surface area contributed by atoms with E-state index in [1.54, 1.807) is 37.9 Å². The molecule has 0 fully saturated rings. The zero-order valence-corrected chi connectivity index (χ0v) is 21.5. The summed E-state index contributed by atoms with van der Waals surface area (Å²) in [4.78, 5) is 16.4. The molecule has 1 amide bonds. The summed E-state index contributed by atoms with van der Waals surface area (Å²) in [6.45, 7) is 6.55. The maximum Gasteiger partial charge on any atom is 0.250 e. The normalized spacial score (nSPS) is 11.6. The number of ether oxygens (including phenoxy) is 1. The molecule has 2 aromatic heterocycles. The van der Waals surface area contributed by atoms with Crippen LogP contribution < -0.4 is 10.2 Å². The molecule has 0 spiro atoms. The third kappa shape index (κ3) is 6.17. The number of hydrogen-bond acceptors (Lipinski definition) is 7. The van der Waals surface area contributed by atoms with Gasteiger partial charge >= 0.3 is 0 Å². The molecule has 0 aliphatic rings. The molecule has 4 rings (SSSR count). The quantitative estimate of drug-likeness (QED) is 0.211. The Bertz CT molecular complexity index is 1330. The highest BCUT2D eigenvalue weighted by atomic mass is 32.2. The van der Waals surface area contributed by atoms with Crippen LogP contribution in [-0.2, 0) is 10.2 Å². The smallest absolute Gasteiger partial charge is 0.250 e. The topological polar surface area (TPSA) is 94.3 Å². The molecule has 36 heavy (non-hydrogen) atoms. The molecule has 184 valence electrons. The first kappa shape index (κ1) is 25.1. The Labute approximate surface area is 214 Å². The fourth-order valence-corrected chi connectivity index (χ4v) is 4.17. The van der Waals surface area contributed by atoms with Crippen LogP contribution in [0.4, 0.5) is 0 Å². The number of pyridine rings is 1. The van der Waals surface area contributed by atoms with Crippen LogP contribution in [-0.4, -0.2) is 44.7 Å². The summed E-state index contributed by atoms with van der Waals surface area (Å²) in [5.74, 6) is 1.33. The minimum Gasteiger partial charge on any atom is -0.497 e. The maximum atomic E-state index is 12.4. The number of benzene rings is 2. The van der Waals surface area contributed by atoms with Crippen molar-refractivity contribution in [3.8, 4) is 22.8 Å². The standard InChI is InChI=1S/C27H28N6O2S/c1-27(2,3)21-7-5-20(6-8-21)25-31-32-26(33(25)22-9-11-23(35-4)12-10-22)36-18-24(34)30-29-17-19-13-15-28-16-14-19/h5-17H,18H2,1-4H3,(H,30,34)/b29-17+. The Kier molecular flexibility index (Phi) is 7.80. The molecule has 2 aromatic carbocycles. The van der Waals surface area contributed by atoms with Crippen molar-refractivity contribution in [1.82, 2.24) is 25.2 Å². The number of carbonyl (C=O) groups is 1. The van der Waals surface area contributed by atoms with Crippen molar-refractivity contribution in [3.05, 3.63) is 84.2 Å². The van der Waals surface area contributed by atoms with E-state index in [0.29, 0.717) is 11.0 Å². The Morgan fingerprint density at radius 1 is 1.03 bits per heavy atom. The van der Waals surface area contributed by atoms with Gasteiger partial charge < -0.3 is 4.74 Å². The van der Waals surface area contributed by atoms with Crippen molar-refractivity contribution >= 4 is 23.9 Å². The highest BCUT2D eigenvalue weighted by molar-refractivity contribution is 7.99. The minimum absolute atomic E-state index is 0.0520. The van der Waals surface area contributed by atoms with Crippen LogP contribution in [0, 0.1) is 0 Å². The van der Waals surface area contributed by atoms with E-state index in [1.807, 2.05) is 28.8 Å². The van der Waals surface area contributed by atoms with Crippen LogP contribution in [0.2, 0.25) is 0 Å². The monoisotopic (exact) mass is 500 g/mol. The fourth-order valence-electron chi connectivity index (χ4n) is 3.42. The lowest BCUT2D eigenvalue weighted by atomic mass is 9.87. The van der Waals surface area contributed by atoms with Gasteiger partial charge in [-0.15, -0.1) is 10.2 Å². The van der Waals surface area contributed by atoms with Crippen molar-refractivity contribution in [2.24, 2.45) is 5.10 Å². The second-order valence-electron chi connectivity index (χ2n) is 9.03. The van der Waals surface area contributed by atoms with E-state index in [2.05, 4.69) is 70.7 Å². The Hall–Kier alpha value is -3.98. The second kappa shape index (κ2) is 11.2. The molecule has 0 saturated heterocycles. The number of aromatic nitrogens is 4. The first-order chi connectivity index (χ1) is 17.3. The molecule has 0 bridgehead atoms. The van der Waals surface area contributed by atoms with E-state index < -0.39 is 0 Å². The van der Waals surface area contributed by atoms with E-state index in [9.17, 15) is 4.79 Å². The summed E-state index contributed by atoms with van der Waals surface area (Å²) in [6, 6.07) is 19.6. The van der Waals surface area contributed by atoms with Gasteiger partial charge in [-0.2, -0.15) is 5.10 Å². The molecular formula is C27H28N6O2S. The summed E-state index contributed by atoms with van der Waals surface area (Å²) >= 11 is 1.29. The van der Waals surface area contributed by atoms with Gasteiger partial charge in [0.15, 0.2) is 11.0 Å². The van der Waals surface area contributed by atoms with Gasteiger partial charge in [-0.05, 0) is 52.9 Å². The third-order valence-electron chi connectivity index (χ3n) is 5.41. The lowest BCUT2D eigenvalue weighted by molar-refractivity contribution is -0.118. The van der Waals surface area contributed by atoms with Crippen molar-refractivity contribution < 1.29 is 9.53 Å². The van der Waals surface area contributed by atoms with Crippen LogP contribution in [0.25, 0.3) is 17.1 Å². The molecule has 0 atom stereocenters. The van der Waals surface area contributed by atoms with Crippen LogP contribution >= 0.6 is 11.8 Å². The summed E-state index contributed by atoms with van der Waals surface area (Å²) in [6.07, 6.45) is 4.90. The number of hydrazone groups is 1. The van der Waals surface area contributed by atoms with Crippen molar-refractivity contribution in [3.63, 3.8) is 0 Å². The molecule has 1 N–H and O–H groups in total. The summed E-state index contributed by atoms with van der Waals surface area (Å²) < 4.78 is 7.26. The highest BCUT2D eigenvalue weighted by Gasteiger charge is 2.19. The van der Waals surface area contributed by atoms with Gasteiger partial charge in [0.2, 0.25) is 0 Å². The van der Waals surface area contributed by atoms with E-state index in [4.69, 9.17) is 4.74 Å². The number of rotatable bonds is 8. The van der Waals surface area contributed by atoms with E-state index in [0.717, 1.165) is 22.6 Å². The van der Waals surface area contributed by atoms with E-state index in [1.165, 1.54) is 17.3 Å². The van der Waals surface area contributed by atoms with Crippen molar-refractivity contribution in [2.45, 2.75) is 31.3 Å². The van der Waals surface area contributed by atoms with Gasteiger partial charge in [-0.1, -0.05) is 56.8 Å². The molecule has 0 aliphatic heterocycles. The van der Waals surface area contributed by atoms with Crippen molar-refractivity contribution in [2.75, 3.05) is 12.9 Å². The Morgan fingerprint density at radius 2 is 1.72 bits per heavy atom. The zero-order chi connectivity index (χ0) is 25.5. The first-order valence-corrected chi connectivity index (χ1v) is 12.4. The first-order valence-electron chi connectivity index (χ1n) is 11.4. The molecule has 0 radical (unpaired) electrons. The number of hydrogen-bond donors (Lipinski definition) is 1. The molecule has 0 unspecified atom stereocenters. The van der Waals surface area contributed by atoms with Gasteiger partial charge in [0.25, 0.3) is 5.91 Å². The number of nitrogens with zero attached hydrogens (tertiary/aromatic N) is 5. The van der Waals surface area contributed by atoms with Gasteiger partial charge in [-0.25, -0.2) is 5.43 Å². The number of amides is 1. The third-order valence-corrected chi connectivity index (χ3v) is 6.34. The molecule has 8 nitrogen and oxygen atoms in total. The molecular weight excluding hydrogens is 472 g/mol. The summed E-state index contributed by atoms with van der Waals surface area (Å²) in [5, 5.41) is 13.5. The summed E-state index contributed by atoms with van der Waals surface area (Å²) in [5.41, 5.74) is 6.49. The van der Waals surface area contributed by atoms with Crippen molar-refractivity contribution in [1.29, 1.82) is 0 Å². The SMILES string of the molecule is COc1ccc(-n2c(SCC(=O)N/N=C/c3ccncc3)nnc2-c2ccc(C(C)(C)C)cc2)cc1. The molecule has 4 aromatic rings. The minimum atomic E-state index is -0.245.